The van der Waals surface area contributed by atoms with Gasteiger partial charge in [0.2, 0.25) is 5.89 Å². The number of fused-ring (bicyclic) bond motifs is 1. The van der Waals surface area contributed by atoms with E-state index >= 15 is 0 Å². The number of carboxylic acid groups (broad SMARTS) is 2. The van der Waals surface area contributed by atoms with Crippen molar-refractivity contribution in [2.24, 2.45) is 0 Å². The molecule has 0 saturated heterocycles. The third kappa shape index (κ3) is 2.34. The Kier molecular flexibility index (Phi) is 2.91. The molecule has 0 saturated carbocycles. The van der Waals surface area contributed by atoms with Gasteiger partial charge in [-0.15, -0.1) is 0 Å². The van der Waals surface area contributed by atoms with Gasteiger partial charge < -0.3 is 14.6 Å². The molecule has 0 amide bonds. The second-order valence-corrected chi connectivity index (χ2v) is 4.39. The maximum atomic E-state index is 11.0. The Bertz CT molecular complexity index is 865. The van der Waals surface area contributed by atoms with Crippen molar-refractivity contribution in [2.45, 2.75) is 0 Å². The molecule has 0 bridgehead atoms. The average molecular weight is 283 g/mol. The summed E-state index contributed by atoms with van der Waals surface area (Å²) in [6.45, 7) is 0. The molecule has 3 aromatic rings. The van der Waals surface area contributed by atoms with Crippen LogP contribution in [0.1, 0.15) is 20.7 Å². The smallest absolute Gasteiger partial charge is 0.335 e. The Balaban J connectivity index is 2.10. The molecule has 2 N–H and O–H groups in total. The predicted molar refractivity (Wildman–Crippen MR) is 73.4 cm³/mol. The van der Waals surface area contributed by atoms with Gasteiger partial charge in [0.25, 0.3) is 0 Å². The first-order valence-corrected chi connectivity index (χ1v) is 6.02. The summed E-state index contributed by atoms with van der Waals surface area (Å²) in [4.78, 5) is 26.1. The van der Waals surface area contributed by atoms with Crippen molar-refractivity contribution in [2.75, 3.05) is 0 Å². The van der Waals surface area contributed by atoms with Gasteiger partial charge in [-0.25, -0.2) is 14.6 Å². The van der Waals surface area contributed by atoms with Gasteiger partial charge in [0.15, 0.2) is 5.58 Å². The van der Waals surface area contributed by atoms with E-state index in [-0.39, 0.29) is 17.0 Å². The Morgan fingerprint density at radius 1 is 0.952 bits per heavy atom. The van der Waals surface area contributed by atoms with E-state index in [1.165, 1.54) is 24.3 Å². The third-order valence-corrected chi connectivity index (χ3v) is 2.99. The minimum Gasteiger partial charge on any atom is -0.478 e. The molecule has 0 spiro atoms. The van der Waals surface area contributed by atoms with E-state index in [4.69, 9.17) is 14.6 Å². The van der Waals surface area contributed by atoms with Crippen LogP contribution in [0.15, 0.2) is 46.9 Å². The van der Waals surface area contributed by atoms with Crippen molar-refractivity contribution in [1.82, 2.24) is 4.98 Å². The zero-order chi connectivity index (χ0) is 15.0. The van der Waals surface area contributed by atoms with Crippen LogP contribution in [0.3, 0.4) is 0 Å². The molecule has 0 fully saturated rings. The molecule has 0 aliphatic rings. The largest absolute Gasteiger partial charge is 0.478 e. The number of carboxylic acids is 2. The van der Waals surface area contributed by atoms with Crippen LogP contribution in [0, 0.1) is 0 Å². The van der Waals surface area contributed by atoms with Gasteiger partial charge in [-0.05, 0) is 36.4 Å². The molecule has 0 aliphatic heterocycles. The van der Waals surface area contributed by atoms with Crippen LogP contribution in [0.4, 0.5) is 0 Å². The summed E-state index contributed by atoms with van der Waals surface area (Å²) in [5, 5.41) is 17.9. The number of carbonyl (C=O) groups is 2. The molecule has 0 unspecified atom stereocenters. The lowest BCUT2D eigenvalue weighted by Crippen LogP contribution is -1.95. The first kappa shape index (κ1) is 12.9. The summed E-state index contributed by atoms with van der Waals surface area (Å²) in [7, 11) is 0. The summed E-state index contributed by atoms with van der Waals surface area (Å²) < 4.78 is 5.51. The Morgan fingerprint density at radius 3 is 2.38 bits per heavy atom. The monoisotopic (exact) mass is 283 g/mol. The van der Waals surface area contributed by atoms with Gasteiger partial charge >= 0.3 is 11.9 Å². The Hall–Kier alpha value is -3.15. The zero-order valence-electron chi connectivity index (χ0n) is 10.6. The summed E-state index contributed by atoms with van der Waals surface area (Å²) in [5.74, 6) is -1.85. The SMILES string of the molecule is O=C(O)c1cccc(-c2nc3ccc(C(=O)O)cc3o2)c1. The van der Waals surface area contributed by atoms with Crippen molar-refractivity contribution in [3.8, 4) is 11.5 Å². The number of aromatic carboxylic acids is 2. The zero-order valence-corrected chi connectivity index (χ0v) is 10.6. The molecule has 0 aliphatic carbocycles. The topological polar surface area (TPSA) is 101 Å². The van der Waals surface area contributed by atoms with E-state index < -0.39 is 11.9 Å². The fourth-order valence-corrected chi connectivity index (χ4v) is 1.97. The number of rotatable bonds is 3. The van der Waals surface area contributed by atoms with Crippen molar-refractivity contribution in [3.05, 3.63) is 53.6 Å². The van der Waals surface area contributed by atoms with Gasteiger partial charge in [0.1, 0.15) is 5.52 Å². The second-order valence-electron chi connectivity index (χ2n) is 4.39. The Labute approximate surface area is 118 Å². The highest BCUT2D eigenvalue weighted by molar-refractivity contribution is 5.92. The van der Waals surface area contributed by atoms with Gasteiger partial charge in [-0.2, -0.15) is 0 Å². The number of hydrogen-bond donors (Lipinski definition) is 2. The number of oxazole rings is 1. The fourth-order valence-electron chi connectivity index (χ4n) is 1.97. The summed E-state index contributed by atoms with van der Waals surface area (Å²) in [6, 6.07) is 10.6. The lowest BCUT2D eigenvalue weighted by Gasteiger charge is -1.97. The summed E-state index contributed by atoms with van der Waals surface area (Å²) >= 11 is 0. The van der Waals surface area contributed by atoms with Crippen LogP contribution >= 0.6 is 0 Å². The minimum absolute atomic E-state index is 0.101. The standard InChI is InChI=1S/C15H9NO5/c17-14(18)9-3-1-2-8(6-9)13-16-11-5-4-10(15(19)20)7-12(11)21-13/h1-7H,(H,17,18)(H,19,20). The molecule has 6 nitrogen and oxygen atoms in total. The minimum atomic E-state index is -1.05. The molecule has 2 aromatic carbocycles. The molecule has 21 heavy (non-hydrogen) atoms. The van der Waals surface area contributed by atoms with Crippen LogP contribution in [0.2, 0.25) is 0 Å². The maximum Gasteiger partial charge on any atom is 0.335 e. The molecule has 0 atom stereocenters. The van der Waals surface area contributed by atoms with Crippen LogP contribution in [0.25, 0.3) is 22.6 Å². The van der Waals surface area contributed by atoms with Crippen LogP contribution < -0.4 is 0 Å². The quantitative estimate of drug-likeness (QED) is 0.766. The molecule has 104 valence electrons. The van der Waals surface area contributed by atoms with Crippen molar-refractivity contribution < 1.29 is 24.2 Å². The van der Waals surface area contributed by atoms with Crippen molar-refractivity contribution in [1.29, 1.82) is 0 Å². The van der Waals surface area contributed by atoms with E-state index in [1.54, 1.807) is 18.2 Å². The van der Waals surface area contributed by atoms with Gasteiger partial charge in [0, 0.05) is 5.56 Å². The molecule has 6 heteroatoms. The lowest BCUT2D eigenvalue weighted by atomic mass is 10.1. The molecule has 0 radical (unpaired) electrons. The normalized spacial score (nSPS) is 10.7. The van der Waals surface area contributed by atoms with E-state index in [1.807, 2.05) is 0 Å². The van der Waals surface area contributed by atoms with Crippen LogP contribution in [-0.2, 0) is 0 Å². The molecule has 3 rings (SSSR count). The van der Waals surface area contributed by atoms with Gasteiger partial charge in [-0.1, -0.05) is 6.07 Å². The summed E-state index contributed by atoms with van der Waals surface area (Å²) in [6.07, 6.45) is 0. The van der Waals surface area contributed by atoms with Gasteiger partial charge in [0.05, 0.1) is 11.1 Å². The number of hydrogen-bond acceptors (Lipinski definition) is 4. The van der Waals surface area contributed by atoms with Crippen LogP contribution in [0.5, 0.6) is 0 Å². The lowest BCUT2D eigenvalue weighted by molar-refractivity contribution is 0.0686. The third-order valence-electron chi connectivity index (χ3n) is 2.99. The van der Waals surface area contributed by atoms with E-state index in [9.17, 15) is 9.59 Å². The highest BCUT2D eigenvalue weighted by Gasteiger charge is 2.12. The van der Waals surface area contributed by atoms with E-state index in [0.29, 0.717) is 16.7 Å². The second kappa shape index (κ2) is 4.75. The van der Waals surface area contributed by atoms with E-state index in [2.05, 4.69) is 4.98 Å². The molecule has 1 aromatic heterocycles. The molecule has 1 heterocycles. The molecular weight excluding hydrogens is 274 g/mol. The van der Waals surface area contributed by atoms with E-state index in [0.717, 1.165) is 0 Å². The number of nitrogens with zero attached hydrogens (tertiary/aromatic N) is 1. The molecular formula is C15H9NO5. The average Bonchev–Trinajstić information content (AvgIpc) is 2.90. The number of benzene rings is 2. The van der Waals surface area contributed by atoms with Gasteiger partial charge in [-0.3, -0.25) is 0 Å². The highest BCUT2D eigenvalue weighted by atomic mass is 16.4. The highest BCUT2D eigenvalue weighted by Crippen LogP contribution is 2.25. The predicted octanol–water partition coefficient (Wildman–Crippen LogP) is 2.89. The Morgan fingerprint density at radius 2 is 1.67 bits per heavy atom. The maximum absolute atomic E-state index is 11.0. The fraction of sp³-hybridized carbons (Fsp3) is 0. The van der Waals surface area contributed by atoms with Crippen molar-refractivity contribution in [3.63, 3.8) is 0 Å². The van der Waals surface area contributed by atoms with Crippen molar-refractivity contribution >= 4 is 23.0 Å². The first-order valence-electron chi connectivity index (χ1n) is 6.02. The first-order chi connectivity index (χ1) is 10.0. The number of aromatic nitrogens is 1. The summed E-state index contributed by atoms with van der Waals surface area (Å²) in [5.41, 5.74) is 1.59. The van der Waals surface area contributed by atoms with Crippen LogP contribution in [-0.4, -0.2) is 27.1 Å².